The highest BCUT2D eigenvalue weighted by atomic mass is 16.6. The molecule has 0 amide bonds. The molecular weight excluding hydrogens is 654 g/mol. The van der Waals surface area contributed by atoms with Crippen LogP contribution in [0.2, 0.25) is 0 Å². The van der Waals surface area contributed by atoms with Crippen LogP contribution in [0.25, 0.3) is 11.3 Å². The molecule has 3 atom stereocenters. The first kappa shape index (κ1) is 35.4. The first-order chi connectivity index (χ1) is 24.4. The van der Waals surface area contributed by atoms with Crippen molar-refractivity contribution in [1.82, 2.24) is 14.1 Å². The van der Waals surface area contributed by atoms with Crippen LogP contribution >= 0.6 is 0 Å². The predicted octanol–water partition coefficient (Wildman–Crippen LogP) is 5.46. The van der Waals surface area contributed by atoms with Gasteiger partial charge in [-0.25, -0.2) is 9.59 Å². The van der Waals surface area contributed by atoms with Crippen molar-refractivity contribution in [3.63, 3.8) is 0 Å². The molecule has 3 heterocycles. The molecule has 0 bridgehead atoms. The Morgan fingerprint density at radius 1 is 0.863 bits per heavy atom. The van der Waals surface area contributed by atoms with Crippen LogP contribution in [0.4, 0.5) is 4.79 Å². The largest absolute Gasteiger partial charge is 0.497 e. The van der Waals surface area contributed by atoms with E-state index >= 15 is 0 Å². The van der Waals surface area contributed by atoms with Crippen molar-refractivity contribution in [2.45, 2.75) is 56.8 Å². The van der Waals surface area contributed by atoms with Crippen LogP contribution in [-0.2, 0) is 19.8 Å². The molecule has 2 N–H and O–H groups in total. The molecule has 0 saturated carbocycles. The summed E-state index contributed by atoms with van der Waals surface area (Å²) < 4.78 is 32.0. The van der Waals surface area contributed by atoms with Crippen molar-refractivity contribution in [3.8, 4) is 22.8 Å². The van der Waals surface area contributed by atoms with Crippen molar-refractivity contribution in [3.05, 3.63) is 141 Å². The molecule has 0 radical (unpaired) electrons. The van der Waals surface area contributed by atoms with Gasteiger partial charge in [-0.2, -0.15) is 0 Å². The number of hydrogen-bond acceptors (Lipinski definition) is 9. The number of aliphatic hydroxyl groups excluding tert-OH is 1. The maximum Gasteiger partial charge on any atom is 0.418 e. The van der Waals surface area contributed by atoms with Crippen molar-refractivity contribution in [2.24, 2.45) is 0 Å². The summed E-state index contributed by atoms with van der Waals surface area (Å²) >= 11 is 0. The molecule has 1 saturated heterocycles. The van der Waals surface area contributed by atoms with Crippen LogP contribution in [-0.4, -0.2) is 64.0 Å². The van der Waals surface area contributed by atoms with Gasteiger partial charge in [-0.15, -0.1) is 0 Å². The normalized spacial score (nSPS) is 17.6. The Hall–Kier alpha value is -5.43. The maximum absolute atomic E-state index is 13.1. The number of aromatic amines is 1. The van der Waals surface area contributed by atoms with Gasteiger partial charge in [-0.05, 0) is 73.9 Å². The second kappa shape index (κ2) is 14.4. The van der Waals surface area contributed by atoms with E-state index in [-0.39, 0.29) is 24.3 Å². The zero-order chi connectivity index (χ0) is 36.3. The van der Waals surface area contributed by atoms with Crippen LogP contribution in [0.15, 0.2) is 113 Å². The number of aliphatic hydroxyl groups is 1. The quantitative estimate of drug-likeness (QED) is 0.182. The molecule has 0 aliphatic carbocycles. The lowest BCUT2D eigenvalue weighted by Crippen LogP contribution is -2.38. The van der Waals surface area contributed by atoms with Crippen molar-refractivity contribution < 1.29 is 33.6 Å². The molecular formula is C39H41N3O9. The summed E-state index contributed by atoms with van der Waals surface area (Å²) in [6.45, 7) is 5.14. The number of rotatable bonds is 10. The lowest BCUT2D eigenvalue weighted by molar-refractivity contribution is -0.0944. The Morgan fingerprint density at radius 3 is 2.02 bits per heavy atom. The Kier molecular flexibility index (Phi) is 10.0. The lowest BCUT2D eigenvalue weighted by atomic mass is 9.80. The number of nitrogens with one attached hydrogen (secondary N) is 1. The van der Waals surface area contributed by atoms with Gasteiger partial charge in [-0.3, -0.25) is 18.9 Å². The number of methoxy groups -OCH3 is 2. The molecule has 6 rings (SSSR count). The standard InChI is InChI=1S/C39H41N3O9/c1-38(2,3)51-37(46)41-21-9-12-31(41)30-23-42(36(45)40-35(30)44)34-22-32(43)33(50-34)24-49-39(25-10-7-6-8-11-25,26-13-17-28(47-4)18-14-26)27-15-19-29(48-5)20-16-27/h6-21,23,32-34,43H,22,24H2,1-5H3,(H,40,44,45)/t32-,33+,34+/m0/s1. The van der Waals surface area contributed by atoms with E-state index in [2.05, 4.69) is 4.98 Å². The molecule has 0 spiro atoms. The maximum atomic E-state index is 13.1. The first-order valence-corrected chi connectivity index (χ1v) is 16.5. The molecule has 1 aliphatic rings. The molecule has 0 unspecified atom stereocenters. The number of hydrogen-bond donors (Lipinski definition) is 2. The fraction of sp³-hybridized carbons (Fsp3) is 0.308. The number of nitrogens with zero attached hydrogens (tertiary/aromatic N) is 2. The van der Waals surface area contributed by atoms with Crippen LogP contribution in [0.3, 0.4) is 0 Å². The van der Waals surface area contributed by atoms with E-state index in [0.29, 0.717) is 11.5 Å². The first-order valence-electron chi connectivity index (χ1n) is 16.5. The summed E-state index contributed by atoms with van der Waals surface area (Å²) in [4.78, 5) is 41.4. The minimum absolute atomic E-state index is 0.0376. The molecule has 12 nitrogen and oxygen atoms in total. The molecule has 1 aliphatic heterocycles. The summed E-state index contributed by atoms with van der Waals surface area (Å²) in [5.41, 5.74) is -0.633. The van der Waals surface area contributed by atoms with Gasteiger partial charge in [0.15, 0.2) is 0 Å². The minimum Gasteiger partial charge on any atom is -0.497 e. The van der Waals surface area contributed by atoms with Crippen molar-refractivity contribution in [1.29, 1.82) is 0 Å². The Morgan fingerprint density at radius 2 is 1.45 bits per heavy atom. The number of H-pyrrole nitrogens is 1. The Balaban J connectivity index is 1.33. The van der Waals surface area contributed by atoms with Gasteiger partial charge in [-0.1, -0.05) is 54.6 Å². The van der Waals surface area contributed by atoms with E-state index < -0.39 is 47.0 Å². The molecule has 2 aromatic heterocycles. The van der Waals surface area contributed by atoms with E-state index in [9.17, 15) is 19.5 Å². The molecule has 51 heavy (non-hydrogen) atoms. The highest BCUT2D eigenvalue weighted by molar-refractivity contribution is 5.78. The topological polar surface area (TPSA) is 143 Å². The number of benzene rings is 3. The number of ether oxygens (including phenoxy) is 5. The summed E-state index contributed by atoms with van der Waals surface area (Å²) in [6.07, 6.45) is -0.663. The summed E-state index contributed by atoms with van der Waals surface area (Å²) in [5.74, 6) is 1.36. The highest BCUT2D eigenvalue weighted by Crippen LogP contribution is 2.42. The van der Waals surface area contributed by atoms with Gasteiger partial charge in [0.1, 0.15) is 35.0 Å². The molecule has 12 heteroatoms. The zero-order valence-electron chi connectivity index (χ0n) is 29.1. The summed E-state index contributed by atoms with van der Waals surface area (Å²) in [7, 11) is 3.20. The van der Waals surface area contributed by atoms with E-state index in [1.54, 1.807) is 47.1 Å². The third-order valence-electron chi connectivity index (χ3n) is 8.73. The van der Waals surface area contributed by atoms with E-state index in [4.69, 9.17) is 23.7 Å². The van der Waals surface area contributed by atoms with Gasteiger partial charge >= 0.3 is 11.8 Å². The average molecular weight is 696 g/mol. The van der Waals surface area contributed by atoms with E-state index in [1.807, 2.05) is 78.9 Å². The third kappa shape index (κ3) is 7.25. The monoisotopic (exact) mass is 695 g/mol. The van der Waals surface area contributed by atoms with Crippen LogP contribution in [0, 0.1) is 0 Å². The van der Waals surface area contributed by atoms with Crippen molar-refractivity contribution in [2.75, 3.05) is 20.8 Å². The van der Waals surface area contributed by atoms with Crippen molar-refractivity contribution >= 4 is 6.09 Å². The minimum atomic E-state index is -1.16. The van der Waals surface area contributed by atoms with Crippen LogP contribution in [0.5, 0.6) is 11.5 Å². The van der Waals surface area contributed by atoms with Crippen LogP contribution < -0.4 is 20.7 Å². The van der Waals surface area contributed by atoms with Gasteiger partial charge < -0.3 is 28.8 Å². The molecule has 1 fully saturated rings. The SMILES string of the molecule is COc1ccc(C(OC[C@H]2O[C@@H](n3cc(-c4cccn4C(=O)OC(C)(C)C)c(=O)[nH]c3=O)C[C@@H]2O)(c2ccccc2)c2ccc(OC)cc2)cc1. The van der Waals surface area contributed by atoms with E-state index in [1.165, 1.54) is 21.5 Å². The molecule has 3 aromatic carbocycles. The van der Waals surface area contributed by atoms with Gasteiger partial charge in [0.25, 0.3) is 5.56 Å². The molecule has 266 valence electrons. The number of carbonyl (C=O) groups excluding carboxylic acids is 1. The zero-order valence-corrected chi connectivity index (χ0v) is 29.1. The number of aromatic nitrogens is 3. The summed E-state index contributed by atoms with van der Waals surface area (Å²) in [5, 5.41) is 11.3. The lowest BCUT2D eigenvalue weighted by Gasteiger charge is -2.37. The summed E-state index contributed by atoms with van der Waals surface area (Å²) in [6, 6.07) is 28.0. The molecule has 5 aromatic rings. The van der Waals surface area contributed by atoms with Gasteiger partial charge in [0.05, 0.1) is 38.2 Å². The predicted molar refractivity (Wildman–Crippen MR) is 189 cm³/mol. The van der Waals surface area contributed by atoms with Crippen LogP contribution in [0.1, 0.15) is 50.1 Å². The smallest absolute Gasteiger partial charge is 0.418 e. The second-order valence-corrected chi connectivity index (χ2v) is 13.2. The number of carbonyl (C=O) groups is 1. The van der Waals surface area contributed by atoms with E-state index in [0.717, 1.165) is 16.7 Å². The fourth-order valence-corrected chi connectivity index (χ4v) is 6.27. The Bertz CT molecular complexity index is 2030. The average Bonchev–Trinajstić information content (AvgIpc) is 3.76. The van der Waals surface area contributed by atoms with Gasteiger partial charge in [0, 0.05) is 18.8 Å². The Labute approximate surface area is 294 Å². The van der Waals surface area contributed by atoms with Gasteiger partial charge in [0.2, 0.25) is 0 Å². The third-order valence-corrected chi connectivity index (χ3v) is 8.73. The highest BCUT2D eigenvalue weighted by Gasteiger charge is 2.42. The fourth-order valence-electron chi connectivity index (χ4n) is 6.27. The second-order valence-electron chi connectivity index (χ2n) is 13.2.